The molecule has 2 bridgehead atoms. The molecule has 15 heavy (non-hydrogen) atoms. The highest BCUT2D eigenvalue weighted by Crippen LogP contribution is 2.60. The molecule has 1 aromatic heterocycles. The minimum absolute atomic E-state index is 0.139. The standard InChI is InChI=1S/C12H11NO2/c14-11-9-7-3-4-8(6-2-1-5(6)7)10(9)12(15)13-11/h1-8,13-15H. The van der Waals surface area contributed by atoms with Crippen molar-refractivity contribution >= 4 is 0 Å². The van der Waals surface area contributed by atoms with E-state index in [1.54, 1.807) is 0 Å². The molecule has 1 aromatic rings. The van der Waals surface area contributed by atoms with Crippen LogP contribution in [0.3, 0.4) is 0 Å². The second kappa shape index (κ2) is 2.13. The van der Waals surface area contributed by atoms with Crippen LogP contribution in [0.2, 0.25) is 0 Å². The molecule has 0 aromatic carbocycles. The third-order valence-electron chi connectivity index (χ3n) is 4.06. The van der Waals surface area contributed by atoms with E-state index in [0.717, 1.165) is 11.1 Å². The molecular weight excluding hydrogens is 190 g/mol. The summed E-state index contributed by atoms with van der Waals surface area (Å²) in [7, 11) is 0. The van der Waals surface area contributed by atoms with Crippen molar-refractivity contribution in [1.29, 1.82) is 0 Å². The van der Waals surface area contributed by atoms with Crippen molar-refractivity contribution in [1.82, 2.24) is 4.98 Å². The molecular formula is C12H11NO2. The highest BCUT2D eigenvalue weighted by molar-refractivity contribution is 5.58. The normalized spacial score (nSPS) is 38.7. The highest BCUT2D eigenvalue weighted by Gasteiger charge is 2.48. The minimum atomic E-state index is 0.139. The average Bonchev–Trinajstić information content (AvgIpc) is 2.44. The van der Waals surface area contributed by atoms with Crippen LogP contribution in [0, 0.1) is 11.8 Å². The van der Waals surface area contributed by atoms with Gasteiger partial charge in [-0.15, -0.1) is 0 Å². The monoisotopic (exact) mass is 201 g/mol. The van der Waals surface area contributed by atoms with Crippen molar-refractivity contribution in [2.75, 3.05) is 0 Å². The van der Waals surface area contributed by atoms with Crippen LogP contribution in [0.4, 0.5) is 0 Å². The lowest BCUT2D eigenvalue weighted by molar-refractivity contribution is 0.306. The molecule has 4 atom stereocenters. The first-order chi connectivity index (χ1) is 7.27. The molecule has 4 aliphatic carbocycles. The molecule has 0 saturated heterocycles. The Labute approximate surface area is 86.8 Å². The molecule has 4 unspecified atom stereocenters. The maximum absolute atomic E-state index is 9.75. The summed E-state index contributed by atoms with van der Waals surface area (Å²) in [4.78, 5) is 2.63. The van der Waals surface area contributed by atoms with Crippen LogP contribution in [0.1, 0.15) is 23.0 Å². The van der Waals surface area contributed by atoms with E-state index in [2.05, 4.69) is 29.3 Å². The molecule has 0 aliphatic heterocycles. The number of nitrogens with one attached hydrogen (secondary N) is 1. The van der Waals surface area contributed by atoms with Gasteiger partial charge in [0.25, 0.3) is 0 Å². The van der Waals surface area contributed by atoms with Gasteiger partial charge in [0.05, 0.1) is 0 Å². The van der Waals surface area contributed by atoms with Gasteiger partial charge in [0.1, 0.15) is 0 Å². The lowest BCUT2D eigenvalue weighted by Gasteiger charge is -2.47. The summed E-state index contributed by atoms with van der Waals surface area (Å²) in [6.07, 6.45) is 8.73. The molecule has 0 fully saturated rings. The lowest BCUT2D eigenvalue weighted by atomic mass is 9.56. The summed E-state index contributed by atoms with van der Waals surface area (Å²) in [5.41, 5.74) is 1.82. The molecule has 76 valence electrons. The Hall–Kier alpha value is -1.64. The van der Waals surface area contributed by atoms with Crippen LogP contribution in [-0.4, -0.2) is 15.2 Å². The van der Waals surface area contributed by atoms with Crippen LogP contribution < -0.4 is 0 Å². The molecule has 1 heterocycles. The number of rotatable bonds is 0. The van der Waals surface area contributed by atoms with E-state index in [1.165, 1.54) is 0 Å². The van der Waals surface area contributed by atoms with Gasteiger partial charge in [-0.05, 0) is 11.8 Å². The molecule has 4 aliphatic rings. The molecule has 0 spiro atoms. The largest absolute Gasteiger partial charge is 0.494 e. The lowest BCUT2D eigenvalue weighted by Crippen LogP contribution is -2.36. The number of H-pyrrole nitrogens is 1. The molecule has 3 N–H and O–H groups in total. The van der Waals surface area contributed by atoms with E-state index in [0.29, 0.717) is 11.8 Å². The number of hydrogen-bond acceptors (Lipinski definition) is 2. The van der Waals surface area contributed by atoms with Gasteiger partial charge in [-0.1, -0.05) is 24.3 Å². The number of aromatic amines is 1. The third-order valence-corrected chi connectivity index (χ3v) is 4.06. The Morgan fingerprint density at radius 2 is 1.27 bits per heavy atom. The van der Waals surface area contributed by atoms with E-state index < -0.39 is 0 Å². The van der Waals surface area contributed by atoms with Gasteiger partial charge in [-0.25, -0.2) is 0 Å². The van der Waals surface area contributed by atoms with Crippen LogP contribution in [0.25, 0.3) is 0 Å². The molecule has 3 heteroatoms. The van der Waals surface area contributed by atoms with Gasteiger partial charge in [0, 0.05) is 23.0 Å². The Bertz CT molecular complexity index is 469. The van der Waals surface area contributed by atoms with Gasteiger partial charge in [0.2, 0.25) is 0 Å². The van der Waals surface area contributed by atoms with Crippen LogP contribution >= 0.6 is 0 Å². The van der Waals surface area contributed by atoms with E-state index in [9.17, 15) is 10.2 Å². The smallest absolute Gasteiger partial charge is 0.195 e. The van der Waals surface area contributed by atoms with Crippen molar-refractivity contribution in [2.45, 2.75) is 11.8 Å². The molecule has 3 nitrogen and oxygen atoms in total. The van der Waals surface area contributed by atoms with Crippen LogP contribution in [-0.2, 0) is 0 Å². The summed E-state index contributed by atoms with van der Waals surface area (Å²) in [6.45, 7) is 0. The fourth-order valence-electron chi connectivity index (χ4n) is 3.34. The van der Waals surface area contributed by atoms with Gasteiger partial charge >= 0.3 is 0 Å². The zero-order chi connectivity index (χ0) is 10.2. The first kappa shape index (κ1) is 7.63. The Morgan fingerprint density at radius 3 is 1.67 bits per heavy atom. The predicted molar refractivity (Wildman–Crippen MR) is 54.9 cm³/mol. The Kier molecular flexibility index (Phi) is 1.08. The van der Waals surface area contributed by atoms with E-state index >= 15 is 0 Å². The predicted octanol–water partition coefficient (Wildman–Crippen LogP) is 1.98. The maximum Gasteiger partial charge on any atom is 0.195 e. The Balaban J connectivity index is 2.03. The van der Waals surface area contributed by atoms with Crippen molar-refractivity contribution in [2.24, 2.45) is 11.8 Å². The van der Waals surface area contributed by atoms with Crippen LogP contribution in [0.5, 0.6) is 11.8 Å². The fraction of sp³-hybridized carbons (Fsp3) is 0.333. The van der Waals surface area contributed by atoms with E-state index in [4.69, 9.17) is 0 Å². The molecule has 0 radical (unpaired) electrons. The molecule has 0 amide bonds. The summed E-state index contributed by atoms with van der Waals surface area (Å²) < 4.78 is 0. The van der Waals surface area contributed by atoms with Crippen molar-refractivity contribution in [3.8, 4) is 11.8 Å². The van der Waals surface area contributed by atoms with E-state index in [-0.39, 0.29) is 23.6 Å². The zero-order valence-electron chi connectivity index (χ0n) is 8.01. The first-order valence-corrected chi connectivity index (χ1v) is 5.27. The van der Waals surface area contributed by atoms with Gasteiger partial charge in [-0.3, -0.25) is 4.98 Å². The molecule has 5 rings (SSSR count). The second-order valence-electron chi connectivity index (χ2n) is 4.63. The summed E-state index contributed by atoms with van der Waals surface area (Å²) >= 11 is 0. The molecule has 0 saturated carbocycles. The topological polar surface area (TPSA) is 56.2 Å². The summed E-state index contributed by atoms with van der Waals surface area (Å²) in [5, 5.41) is 19.5. The minimum Gasteiger partial charge on any atom is -0.494 e. The zero-order valence-corrected chi connectivity index (χ0v) is 8.01. The third kappa shape index (κ3) is 0.674. The quantitative estimate of drug-likeness (QED) is 0.562. The number of aromatic hydroxyl groups is 2. The average molecular weight is 201 g/mol. The Morgan fingerprint density at radius 1 is 0.800 bits per heavy atom. The number of aromatic nitrogens is 1. The number of allylic oxidation sites excluding steroid dienone is 4. The van der Waals surface area contributed by atoms with Crippen molar-refractivity contribution in [3.05, 3.63) is 35.4 Å². The van der Waals surface area contributed by atoms with Gasteiger partial charge < -0.3 is 10.2 Å². The van der Waals surface area contributed by atoms with E-state index in [1.807, 2.05) is 0 Å². The van der Waals surface area contributed by atoms with Gasteiger partial charge in [0.15, 0.2) is 11.8 Å². The highest BCUT2D eigenvalue weighted by atomic mass is 16.3. The second-order valence-corrected chi connectivity index (χ2v) is 4.63. The van der Waals surface area contributed by atoms with Crippen LogP contribution in [0.15, 0.2) is 24.3 Å². The maximum atomic E-state index is 9.75. The summed E-state index contributed by atoms with van der Waals surface area (Å²) in [5.74, 6) is 1.82. The van der Waals surface area contributed by atoms with Gasteiger partial charge in [-0.2, -0.15) is 0 Å². The number of hydrogen-bond donors (Lipinski definition) is 3. The summed E-state index contributed by atoms with van der Waals surface area (Å²) in [6, 6.07) is 0. The fourth-order valence-corrected chi connectivity index (χ4v) is 3.34. The first-order valence-electron chi connectivity index (χ1n) is 5.27. The van der Waals surface area contributed by atoms with Crippen molar-refractivity contribution in [3.63, 3.8) is 0 Å². The van der Waals surface area contributed by atoms with Crippen molar-refractivity contribution < 1.29 is 10.2 Å². The SMILES string of the molecule is Oc1[nH]c(O)c2c1C1C=CC2C2C=CC12.